The van der Waals surface area contributed by atoms with E-state index in [2.05, 4.69) is 20.8 Å². The normalized spacial score (nSPS) is 14.8. The summed E-state index contributed by atoms with van der Waals surface area (Å²) in [6.45, 7) is 5.04. The fourth-order valence-electron chi connectivity index (χ4n) is 3.52. The number of aromatic amines is 1. The number of aromatic hydroxyl groups is 1. The van der Waals surface area contributed by atoms with Crippen LogP contribution in [0.15, 0.2) is 34.9 Å². The number of hydrogen-bond donors (Lipinski definition) is 4. The second-order valence-corrected chi connectivity index (χ2v) is 7.95. The minimum atomic E-state index is -0.260. The standard InChI is InChI=1S/C23H29N5O3/c1-14-20(25-15(2)21(14)23(31)24-11-12-28(3)4)13-18-19(26-27-22(18)30)10-7-16-5-8-17(29)9-6-16/h5-6,8-9,13,25,29H,7,10-12H2,1-4H3,(H,24,31)(H,27,30)/b18-13+. The number of aryl methyl sites for hydroxylation is 2. The molecule has 164 valence electrons. The van der Waals surface area contributed by atoms with Crippen molar-refractivity contribution in [2.45, 2.75) is 26.7 Å². The van der Waals surface area contributed by atoms with Crippen molar-refractivity contribution in [1.29, 1.82) is 0 Å². The molecule has 2 amide bonds. The van der Waals surface area contributed by atoms with Crippen LogP contribution in [0.3, 0.4) is 0 Å². The van der Waals surface area contributed by atoms with Crippen LogP contribution in [0.1, 0.15) is 39.3 Å². The lowest BCUT2D eigenvalue weighted by Gasteiger charge is -2.10. The first kappa shape index (κ1) is 22.3. The van der Waals surface area contributed by atoms with Gasteiger partial charge in [-0.1, -0.05) is 12.1 Å². The van der Waals surface area contributed by atoms with E-state index in [0.717, 1.165) is 29.1 Å². The summed E-state index contributed by atoms with van der Waals surface area (Å²) in [5, 5.41) is 16.5. The Bertz CT molecular complexity index is 1030. The zero-order valence-electron chi connectivity index (χ0n) is 18.4. The number of phenols is 1. The van der Waals surface area contributed by atoms with Crippen LogP contribution in [0.25, 0.3) is 6.08 Å². The SMILES string of the molecule is Cc1[nH]c(/C=C2/C(=O)NN=C2CCc2ccc(O)cc2)c(C)c1C(=O)NCCN(C)C. The number of hydrogen-bond acceptors (Lipinski definition) is 5. The number of rotatable bonds is 8. The van der Waals surface area contributed by atoms with E-state index in [4.69, 9.17) is 0 Å². The summed E-state index contributed by atoms with van der Waals surface area (Å²) >= 11 is 0. The molecule has 0 spiro atoms. The van der Waals surface area contributed by atoms with Gasteiger partial charge < -0.3 is 20.3 Å². The van der Waals surface area contributed by atoms with Crippen LogP contribution in [0.4, 0.5) is 0 Å². The molecule has 1 aliphatic heterocycles. The van der Waals surface area contributed by atoms with E-state index in [1.165, 1.54) is 0 Å². The van der Waals surface area contributed by atoms with Gasteiger partial charge in [-0.2, -0.15) is 5.10 Å². The van der Waals surface area contributed by atoms with Crippen molar-refractivity contribution in [2.24, 2.45) is 5.10 Å². The van der Waals surface area contributed by atoms with Crippen LogP contribution in [-0.2, 0) is 11.2 Å². The van der Waals surface area contributed by atoms with E-state index in [0.29, 0.717) is 36.2 Å². The van der Waals surface area contributed by atoms with Gasteiger partial charge in [-0.05, 0) is 70.1 Å². The Hall–Kier alpha value is -3.39. The topological polar surface area (TPSA) is 110 Å². The molecular weight excluding hydrogens is 394 g/mol. The Morgan fingerprint density at radius 3 is 2.58 bits per heavy atom. The Morgan fingerprint density at radius 2 is 1.90 bits per heavy atom. The molecule has 0 unspecified atom stereocenters. The first-order valence-corrected chi connectivity index (χ1v) is 10.2. The van der Waals surface area contributed by atoms with Crippen molar-refractivity contribution in [1.82, 2.24) is 20.6 Å². The fourth-order valence-corrected chi connectivity index (χ4v) is 3.52. The van der Waals surface area contributed by atoms with E-state index in [1.54, 1.807) is 18.2 Å². The van der Waals surface area contributed by atoms with Gasteiger partial charge in [0.15, 0.2) is 0 Å². The number of carbonyl (C=O) groups excluding carboxylic acids is 2. The third-order valence-corrected chi connectivity index (χ3v) is 5.27. The number of likely N-dealkylation sites (N-methyl/N-ethyl adjacent to an activating group) is 1. The maximum absolute atomic E-state index is 12.6. The van der Waals surface area contributed by atoms with Crippen molar-refractivity contribution in [3.8, 4) is 5.75 Å². The molecule has 1 aromatic carbocycles. The summed E-state index contributed by atoms with van der Waals surface area (Å²) < 4.78 is 0. The van der Waals surface area contributed by atoms with Crippen LogP contribution in [-0.4, -0.2) is 59.7 Å². The average molecular weight is 424 g/mol. The quantitative estimate of drug-likeness (QED) is 0.488. The largest absolute Gasteiger partial charge is 0.508 e. The number of hydrazone groups is 1. The molecule has 31 heavy (non-hydrogen) atoms. The monoisotopic (exact) mass is 423 g/mol. The molecule has 2 heterocycles. The first-order valence-electron chi connectivity index (χ1n) is 10.2. The van der Waals surface area contributed by atoms with Crippen LogP contribution in [0.5, 0.6) is 5.75 Å². The minimum absolute atomic E-state index is 0.130. The van der Waals surface area contributed by atoms with Gasteiger partial charge in [-0.15, -0.1) is 0 Å². The molecule has 3 rings (SSSR count). The summed E-state index contributed by atoms with van der Waals surface area (Å²) in [5.41, 5.74) is 7.61. The van der Waals surface area contributed by atoms with E-state index in [-0.39, 0.29) is 17.6 Å². The van der Waals surface area contributed by atoms with Gasteiger partial charge in [0.05, 0.1) is 16.8 Å². The molecule has 1 aromatic heterocycles. The van der Waals surface area contributed by atoms with Crippen molar-refractivity contribution >= 4 is 23.6 Å². The second kappa shape index (κ2) is 9.61. The lowest BCUT2D eigenvalue weighted by Crippen LogP contribution is -2.31. The summed E-state index contributed by atoms with van der Waals surface area (Å²) in [6, 6.07) is 6.98. The zero-order valence-corrected chi connectivity index (χ0v) is 18.4. The summed E-state index contributed by atoms with van der Waals surface area (Å²) in [5.74, 6) is -0.169. The van der Waals surface area contributed by atoms with Gasteiger partial charge in [0.25, 0.3) is 11.8 Å². The number of amides is 2. The van der Waals surface area contributed by atoms with Crippen molar-refractivity contribution in [2.75, 3.05) is 27.2 Å². The van der Waals surface area contributed by atoms with Gasteiger partial charge >= 0.3 is 0 Å². The van der Waals surface area contributed by atoms with Gasteiger partial charge in [-0.25, -0.2) is 5.43 Å². The van der Waals surface area contributed by atoms with Gasteiger partial charge in [-0.3, -0.25) is 9.59 Å². The fraction of sp³-hybridized carbons (Fsp3) is 0.348. The van der Waals surface area contributed by atoms with Crippen molar-refractivity contribution in [3.63, 3.8) is 0 Å². The second-order valence-electron chi connectivity index (χ2n) is 7.95. The van der Waals surface area contributed by atoms with Crippen LogP contribution >= 0.6 is 0 Å². The molecule has 0 fully saturated rings. The molecule has 8 nitrogen and oxygen atoms in total. The zero-order chi connectivity index (χ0) is 22.5. The van der Waals surface area contributed by atoms with Crippen molar-refractivity contribution < 1.29 is 14.7 Å². The van der Waals surface area contributed by atoms with Crippen LogP contribution < -0.4 is 10.7 Å². The molecule has 4 N–H and O–H groups in total. The lowest BCUT2D eigenvalue weighted by atomic mass is 10.0. The van der Waals surface area contributed by atoms with E-state index < -0.39 is 0 Å². The number of nitrogens with one attached hydrogen (secondary N) is 3. The van der Waals surface area contributed by atoms with Crippen molar-refractivity contribution in [3.05, 3.63) is 57.9 Å². The van der Waals surface area contributed by atoms with Gasteiger partial charge in [0, 0.05) is 24.5 Å². The first-order chi connectivity index (χ1) is 14.8. The molecule has 0 aliphatic carbocycles. The average Bonchev–Trinajstić information content (AvgIpc) is 3.20. The Labute approximate surface area is 182 Å². The molecule has 0 radical (unpaired) electrons. The third kappa shape index (κ3) is 5.40. The predicted molar refractivity (Wildman–Crippen MR) is 121 cm³/mol. The van der Waals surface area contributed by atoms with Gasteiger partial charge in [0.1, 0.15) is 5.75 Å². The molecule has 0 atom stereocenters. The minimum Gasteiger partial charge on any atom is -0.508 e. The highest BCUT2D eigenvalue weighted by atomic mass is 16.3. The summed E-state index contributed by atoms with van der Waals surface area (Å²) in [6.07, 6.45) is 3.02. The van der Waals surface area contributed by atoms with E-state index >= 15 is 0 Å². The Morgan fingerprint density at radius 1 is 1.19 bits per heavy atom. The van der Waals surface area contributed by atoms with E-state index in [9.17, 15) is 14.7 Å². The summed E-state index contributed by atoms with van der Waals surface area (Å²) in [4.78, 5) is 30.2. The Kier molecular flexibility index (Phi) is 6.91. The maximum Gasteiger partial charge on any atom is 0.273 e. The van der Waals surface area contributed by atoms with Gasteiger partial charge in [0.2, 0.25) is 0 Å². The number of carbonyl (C=O) groups is 2. The Balaban J connectivity index is 1.76. The number of phenolic OH excluding ortho intramolecular Hbond substituents is 1. The molecule has 0 bridgehead atoms. The van der Waals surface area contributed by atoms with Crippen LogP contribution in [0, 0.1) is 13.8 Å². The predicted octanol–water partition coefficient (Wildman–Crippen LogP) is 2.13. The van der Waals surface area contributed by atoms with Crippen LogP contribution in [0.2, 0.25) is 0 Å². The number of aromatic nitrogens is 1. The molecular formula is C23H29N5O3. The molecule has 0 saturated heterocycles. The highest BCUT2D eigenvalue weighted by Gasteiger charge is 2.24. The van der Waals surface area contributed by atoms with E-state index in [1.807, 2.05) is 45.0 Å². The number of benzene rings is 1. The molecule has 1 aliphatic rings. The highest BCUT2D eigenvalue weighted by molar-refractivity contribution is 6.27. The lowest BCUT2D eigenvalue weighted by molar-refractivity contribution is -0.116. The third-order valence-electron chi connectivity index (χ3n) is 5.27. The molecule has 8 heteroatoms. The number of nitrogens with zero attached hydrogens (tertiary/aromatic N) is 2. The maximum atomic E-state index is 12.6. The summed E-state index contributed by atoms with van der Waals surface area (Å²) in [7, 11) is 3.91. The highest BCUT2D eigenvalue weighted by Crippen LogP contribution is 2.23. The smallest absolute Gasteiger partial charge is 0.273 e. The molecule has 0 saturated carbocycles. The number of H-pyrrole nitrogens is 1. The molecule has 2 aromatic rings.